The number of fused-ring (bicyclic) bond motifs is 1. The van der Waals surface area contributed by atoms with Crippen molar-refractivity contribution in [2.45, 2.75) is 11.2 Å². The summed E-state index contributed by atoms with van der Waals surface area (Å²) in [6, 6.07) is 12.3. The minimum absolute atomic E-state index is 0.0847. The Morgan fingerprint density at radius 2 is 1.67 bits per heavy atom. The summed E-state index contributed by atoms with van der Waals surface area (Å²) in [5.41, 5.74) is 2.30. The summed E-state index contributed by atoms with van der Waals surface area (Å²) in [6.07, 6.45) is 0.908. The molecule has 1 heterocycles. The van der Waals surface area contributed by atoms with Crippen molar-refractivity contribution in [3.05, 3.63) is 56.5 Å². The van der Waals surface area contributed by atoms with Gasteiger partial charge in [-0.15, -0.1) is 0 Å². The maximum Gasteiger partial charge on any atom is 0.162 e. The second-order valence-electron chi connectivity index (χ2n) is 4.79. The van der Waals surface area contributed by atoms with Gasteiger partial charge in [-0.2, -0.15) is 0 Å². The summed E-state index contributed by atoms with van der Waals surface area (Å²) >= 11 is 10.9. The van der Waals surface area contributed by atoms with Gasteiger partial charge < -0.3 is 9.47 Å². The molecule has 1 unspecified atom stereocenters. The second kappa shape index (κ2) is 6.71. The lowest BCUT2D eigenvalue weighted by atomic mass is 10.0. The van der Waals surface area contributed by atoms with Crippen molar-refractivity contribution < 1.29 is 9.47 Å². The van der Waals surface area contributed by atoms with Crippen LogP contribution in [0.25, 0.3) is 0 Å². The van der Waals surface area contributed by atoms with E-state index in [1.165, 1.54) is 5.56 Å². The SMILES string of the molecule is Brc1cccc(C(Br)c2cc3c(cc2Br)OCCCO3)c1. The van der Waals surface area contributed by atoms with Crippen LogP contribution in [0.1, 0.15) is 22.4 Å². The molecule has 2 aromatic rings. The molecule has 21 heavy (non-hydrogen) atoms. The van der Waals surface area contributed by atoms with Gasteiger partial charge in [-0.25, -0.2) is 0 Å². The van der Waals surface area contributed by atoms with E-state index in [1.807, 2.05) is 24.3 Å². The largest absolute Gasteiger partial charge is 0.490 e. The summed E-state index contributed by atoms with van der Waals surface area (Å²) < 4.78 is 13.6. The van der Waals surface area contributed by atoms with Gasteiger partial charge in [0.05, 0.1) is 18.0 Å². The Morgan fingerprint density at radius 1 is 0.952 bits per heavy atom. The fourth-order valence-electron chi connectivity index (χ4n) is 2.24. The molecular weight excluding hydrogens is 464 g/mol. The van der Waals surface area contributed by atoms with Gasteiger partial charge in [0, 0.05) is 15.4 Å². The first-order valence-corrected chi connectivity index (χ1v) is 9.14. The summed E-state index contributed by atoms with van der Waals surface area (Å²) in [6.45, 7) is 1.39. The number of halogens is 3. The summed E-state index contributed by atoms with van der Waals surface area (Å²) in [4.78, 5) is 0.0847. The van der Waals surface area contributed by atoms with Crippen LogP contribution in [0.5, 0.6) is 11.5 Å². The van der Waals surface area contributed by atoms with Gasteiger partial charge in [-0.05, 0) is 35.4 Å². The normalized spacial score (nSPS) is 15.4. The monoisotopic (exact) mass is 474 g/mol. The highest BCUT2D eigenvalue weighted by Crippen LogP contribution is 2.42. The molecule has 0 amide bonds. The highest BCUT2D eigenvalue weighted by molar-refractivity contribution is 9.11. The Balaban J connectivity index is 2.00. The molecule has 0 aliphatic carbocycles. The summed E-state index contributed by atoms with van der Waals surface area (Å²) in [5, 5.41) is 0. The van der Waals surface area contributed by atoms with Crippen molar-refractivity contribution in [3.8, 4) is 11.5 Å². The van der Waals surface area contributed by atoms with Crippen LogP contribution < -0.4 is 9.47 Å². The molecule has 1 aliphatic rings. The molecule has 0 spiro atoms. The molecule has 0 saturated carbocycles. The second-order valence-corrected chi connectivity index (χ2v) is 7.47. The van der Waals surface area contributed by atoms with E-state index in [9.17, 15) is 0 Å². The lowest BCUT2D eigenvalue weighted by Crippen LogP contribution is -1.98. The molecule has 0 aromatic heterocycles. The molecule has 2 nitrogen and oxygen atoms in total. The lowest BCUT2D eigenvalue weighted by Gasteiger charge is -2.16. The van der Waals surface area contributed by atoms with E-state index in [1.54, 1.807) is 0 Å². The fourth-order valence-corrected chi connectivity index (χ4v) is 4.18. The van der Waals surface area contributed by atoms with Crippen molar-refractivity contribution in [1.29, 1.82) is 0 Å². The van der Waals surface area contributed by atoms with Crippen LogP contribution in [0, 0.1) is 0 Å². The van der Waals surface area contributed by atoms with E-state index in [-0.39, 0.29) is 4.83 Å². The smallest absolute Gasteiger partial charge is 0.162 e. The Labute approximate surface area is 149 Å². The van der Waals surface area contributed by atoms with Gasteiger partial charge >= 0.3 is 0 Å². The maximum absolute atomic E-state index is 5.78. The number of hydrogen-bond acceptors (Lipinski definition) is 2. The average Bonchev–Trinajstić information content (AvgIpc) is 2.70. The molecule has 2 aromatic carbocycles. The van der Waals surface area contributed by atoms with Crippen molar-refractivity contribution in [2.75, 3.05) is 13.2 Å². The van der Waals surface area contributed by atoms with E-state index in [4.69, 9.17) is 9.47 Å². The average molecular weight is 477 g/mol. The highest BCUT2D eigenvalue weighted by Gasteiger charge is 2.19. The van der Waals surface area contributed by atoms with Crippen LogP contribution in [-0.4, -0.2) is 13.2 Å². The van der Waals surface area contributed by atoms with Crippen LogP contribution in [0.15, 0.2) is 45.3 Å². The number of hydrogen-bond donors (Lipinski definition) is 0. The molecule has 3 rings (SSSR count). The number of ether oxygens (including phenoxy) is 2. The van der Waals surface area contributed by atoms with Gasteiger partial charge in [-0.3, -0.25) is 0 Å². The van der Waals surface area contributed by atoms with E-state index in [0.717, 1.165) is 32.4 Å². The standard InChI is InChI=1S/C16H13Br3O2/c17-11-4-1-3-10(7-11)16(19)12-8-14-15(9-13(12)18)21-6-2-5-20-14/h1,3-4,7-9,16H,2,5-6H2. The van der Waals surface area contributed by atoms with Gasteiger partial charge in [0.1, 0.15) is 0 Å². The van der Waals surface area contributed by atoms with E-state index < -0.39 is 0 Å². The van der Waals surface area contributed by atoms with Crippen LogP contribution in [-0.2, 0) is 0 Å². The van der Waals surface area contributed by atoms with E-state index >= 15 is 0 Å². The first kappa shape index (κ1) is 15.4. The topological polar surface area (TPSA) is 18.5 Å². The zero-order valence-corrected chi connectivity index (χ0v) is 15.9. The highest BCUT2D eigenvalue weighted by atomic mass is 79.9. The van der Waals surface area contributed by atoms with Crippen molar-refractivity contribution in [1.82, 2.24) is 0 Å². The van der Waals surface area contributed by atoms with Crippen molar-refractivity contribution in [3.63, 3.8) is 0 Å². The summed E-state index contributed by atoms with van der Waals surface area (Å²) in [7, 11) is 0. The molecule has 5 heteroatoms. The Kier molecular flexibility index (Phi) is 4.92. The fraction of sp³-hybridized carbons (Fsp3) is 0.250. The quantitative estimate of drug-likeness (QED) is 0.506. The van der Waals surface area contributed by atoms with Crippen LogP contribution in [0.4, 0.5) is 0 Å². The molecule has 0 bridgehead atoms. The number of benzene rings is 2. The third-order valence-electron chi connectivity index (χ3n) is 3.28. The zero-order valence-electron chi connectivity index (χ0n) is 11.1. The van der Waals surface area contributed by atoms with E-state index in [0.29, 0.717) is 13.2 Å². The van der Waals surface area contributed by atoms with E-state index in [2.05, 4.69) is 59.9 Å². The Hall–Kier alpha value is -0.520. The first-order valence-electron chi connectivity index (χ1n) is 6.64. The first-order chi connectivity index (χ1) is 10.1. The zero-order chi connectivity index (χ0) is 14.8. The van der Waals surface area contributed by atoms with Gasteiger partial charge in [0.25, 0.3) is 0 Å². The van der Waals surface area contributed by atoms with Gasteiger partial charge in [0.15, 0.2) is 11.5 Å². The number of alkyl halides is 1. The van der Waals surface area contributed by atoms with Crippen molar-refractivity contribution >= 4 is 47.8 Å². The summed E-state index contributed by atoms with van der Waals surface area (Å²) in [5.74, 6) is 1.61. The van der Waals surface area contributed by atoms with Gasteiger partial charge in [0.2, 0.25) is 0 Å². The Bertz CT molecular complexity index is 658. The predicted octanol–water partition coefficient (Wildman–Crippen LogP) is 5.86. The molecule has 0 saturated heterocycles. The molecule has 0 N–H and O–H groups in total. The molecule has 110 valence electrons. The third-order valence-corrected chi connectivity index (χ3v) is 5.48. The minimum Gasteiger partial charge on any atom is -0.490 e. The minimum atomic E-state index is 0.0847. The molecule has 0 radical (unpaired) electrons. The number of rotatable bonds is 2. The van der Waals surface area contributed by atoms with Crippen molar-refractivity contribution in [2.24, 2.45) is 0 Å². The predicted molar refractivity (Wildman–Crippen MR) is 94.7 cm³/mol. The molecular formula is C16H13Br3O2. The molecule has 1 atom stereocenters. The van der Waals surface area contributed by atoms with Crippen LogP contribution >= 0.6 is 47.8 Å². The van der Waals surface area contributed by atoms with Crippen LogP contribution in [0.2, 0.25) is 0 Å². The molecule has 1 aliphatic heterocycles. The Morgan fingerprint density at radius 3 is 2.38 bits per heavy atom. The van der Waals surface area contributed by atoms with Gasteiger partial charge in [-0.1, -0.05) is 59.9 Å². The molecule has 0 fully saturated rings. The maximum atomic E-state index is 5.78. The third kappa shape index (κ3) is 3.46. The lowest BCUT2D eigenvalue weighted by molar-refractivity contribution is 0.297. The van der Waals surface area contributed by atoms with Crippen LogP contribution in [0.3, 0.4) is 0 Å².